The van der Waals surface area contributed by atoms with E-state index in [2.05, 4.69) is 10.4 Å². The molecular weight excluding hydrogens is 404 g/mol. The summed E-state index contributed by atoms with van der Waals surface area (Å²) in [6.07, 6.45) is 3.22. The number of halogens is 1. The van der Waals surface area contributed by atoms with Gasteiger partial charge in [-0.3, -0.25) is 9.59 Å². The highest BCUT2D eigenvalue weighted by atomic mass is 35.5. The molecule has 0 atom stereocenters. The molecule has 7 nitrogen and oxygen atoms in total. The van der Waals surface area contributed by atoms with Crippen LogP contribution in [0.2, 0.25) is 5.02 Å². The van der Waals surface area contributed by atoms with E-state index in [1.807, 2.05) is 36.4 Å². The summed E-state index contributed by atoms with van der Waals surface area (Å²) in [7, 11) is 1.61. The molecule has 0 aliphatic heterocycles. The molecule has 2 aromatic heterocycles. The van der Waals surface area contributed by atoms with Crippen molar-refractivity contribution in [1.82, 2.24) is 19.5 Å². The summed E-state index contributed by atoms with van der Waals surface area (Å²) in [6.45, 7) is 0.285. The van der Waals surface area contributed by atoms with Gasteiger partial charge in [-0.15, -0.1) is 0 Å². The van der Waals surface area contributed by atoms with Crippen molar-refractivity contribution in [2.24, 2.45) is 0 Å². The van der Waals surface area contributed by atoms with Gasteiger partial charge >= 0.3 is 0 Å². The number of nitrogens with zero attached hydrogens (tertiary/aromatic N) is 3. The van der Waals surface area contributed by atoms with Gasteiger partial charge in [0.25, 0.3) is 5.56 Å². The molecule has 2 heterocycles. The average molecular weight is 423 g/mol. The summed E-state index contributed by atoms with van der Waals surface area (Å²) in [4.78, 5) is 25.1. The second-order valence-electron chi connectivity index (χ2n) is 6.72. The van der Waals surface area contributed by atoms with Crippen LogP contribution in [0.25, 0.3) is 16.8 Å². The van der Waals surface area contributed by atoms with Gasteiger partial charge in [0, 0.05) is 29.5 Å². The first kappa shape index (κ1) is 19.7. The Balaban J connectivity index is 1.50. The van der Waals surface area contributed by atoms with Gasteiger partial charge in [-0.2, -0.15) is 5.10 Å². The molecule has 2 aromatic carbocycles. The van der Waals surface area contributed by atoms with Crippen molar-refractivity contribution in [2.45, 2.75) is 13.1 Å². The zero-order valence-electron chi connectivity index (χ0n) is 16.2. The number of carbonyl (C=O) groups excluding carboxylic acids is 1. The molecule has 4 rings (SSSR count). The zero-order valence-corrected chi connectivity index (χ0v) is 17.0. The highest BCUT2D eigenvalue weighted by Crippen LogP contribution is 2.21. The van der Waals surface area contributed by atoms with Gasteiger partial charge in [0.05, 0.1) is 12.8 Å². The Morgan fingerprint density at radius 1 is 1.10 bits per heavy atom. The molecule has 0 radical (unpaired) electrons. The second-order valence-corrected chi connectivity index (χ2v) is 7.16. The molecule has 1 N–H and O–H groups in total. The third kappa shape index (κ3) is 4.21. The molecule has 8 heteroatoms. The summed E-state index contributed by atoms with van der Waals surface area (Å²) in [5.41, 5.74) is 2.57. The minimum Gasteiger partial charge on any atom is -0.497 e. The van der Waals surface area contributed by atoms with E-state index in [9.17, 15) is 9.59 Å². The van der Waals surface area contributed by atoms with E-state index in [1.165, 1.54) is 9.08 Å². The summed E-state index contributed by atoms with van der Waals surface area (Å²) in [5, 5.41) is 7.90. The van der Waals surface area contributed by atoms with Gasteiger partial charge in [0.1, 0.15) is 17.8 Å². The normalized spacial score (nSPS) is 10.9. The first-order chi connectivity index (χ1) is 14.5. The van der Waals surface area contributed by atoms with Crippen LogP contribution < -0.4 is 15.6 Å². The largest absolute Gasteiger partial charge is 0.497 e. The fourth-order valence-electron chi connectivity index (χ4n) is 3.07. The third-order valence-electron chi connectivity index (χ3n) is 4.71. The maximum atomic E-state index is 12.8. The van der Waals surface area contributed by atoms with Crippen LogP contribution in [0.5, 0.6) is 5.75 Å². The fraction of sp³-hybridized carbons (Fsp3) is 0.136. The molecule has 0 unspecified atom stereocenters. The number of methoxy groups -OCH3 is 1. The predicted molar refractivity (Wildman–Crippen MR) is 115 cm³/mol. The van der Waals surface area contributed by atoms with Gasteiger partial charge in [-0.25, -0.2) is 4.52 Å². The molecule has 1 amide bonds. The van der Waals surface area contributed by atoms with E-state index < -0.39 is 0 Å². The number of aromatic nitrogens is 3. The maximum Gasteiger partial charge on any atom is 0.277 e. The maximum absolute atomic E-state index is 12.8. The van der Waals surface area contributed by atoms with Crippen molar-refractivity contribution in [3.8, 4) is 17.0 Å². The van der Waals surface area contributed by atoms with Crippen LogP contribution in [0.4, 0.5) is 0 Å². The van der Waals surface area contributed by atoms with Gasteiger partial charge in [-0.1, -0.05) is 23.7 Å². The molecule has 0 spiro atoms. The molecule has 152 valence electrons. The van der Waals surface area contributed by atoms with Crippen LogP contribution in [-0.4, -0.2) is 27.2 Å². The third-order valence-corrected chi connectivity index (χ3v) is 4.96. The van der Waals surface area contributed by atoms with Crippen molar-refractivity contribution < 1.29 is 9.53 Å². The van der Waals surface area contributed by atoms with Gasteiger partial charge < -0.3 is 14.6 Å². The molecule has 0 saturated carbocycles. The van der Waals surface area contributed by atoms with E-state index in [0.29, 0.717) is 22.8 Å². The Kier molecular flexibility index (Phi) is 5.54. The van der Waals surface area contributed by atoms with E-state index in [1.54, 1.807) is 37.7 Å². The number of benzene rings is 2. The van der Waals surface area contributed by atoms with E-state index in [4.69, 9.17) is 16.3 Å². The highest BCUT2D eigenvalue weighted by molar-refractivity contribution is 6.30. The van der Waals surface area contributed by atoms with Gasteiger partial charge in [0.2, 0.25) is 5.91 Å². The first-order valence-electron chi connectivity index (χ1n) is 9.28. The van der Waals surface area contributed by atoms with Crippen molar-refractivity contribution in [3.05, 3.63) is 87.9 Å². The number of carbonyl (C=O) groups is 1. The summed E-state index contributed by atoms with van der Waals surface area (Å²) in [5.74, 6) is 0.487. The minimum absolute atomic E-state index is 0.0774. The van der Waals surface area contributed by atoms with Crippen molar-refractivity contribution in [3.63, 3.8) is 0 Å². The lowest BCUT2D eigenvalue weighted by Crippen LogP contribution is -2.32. The molecule has 0 aliphatic carbocycles. The number of hydrogen-bond donors (Lipinski definition) is 1. The molecule has 0 saturated heterocycles. The summed E-state index contributed by atoms with van der Waals surface area (Å²) < 4.78 is 8.05. The predicted octanol–water partition coefficient (Wildman–Crippen LogP) is 3.14. The van der Waals surface area contributed by atoms with E-state index >= 15 is 0 Å². The Morgan fingerprint density at radius 3 is 2.53 bits per heavy atom. The number of nitrogens with one attached hydrogen (secondary N) is 1. The first-order valence-corrected chi connectivity index (χ1v) is 9.66. The second kappa shape index (κ2) is 8.42. The van der Waals surface area contributed by atoms with Gasteiger partial charge in [0.15, 0.2) is 0 Å². The fourth-order valence-corrected chi connectivity index (χ4v) is 3.19. The monoisotopic (exact) mass is 422 g/mol. The molecular formula is C22H19ClN4O3. The number of rotatable bonds is 6. The topological polar surface area (TPSA) is 77.6 Å². The summed E-state index contributed by atoms with van der Waals surface area (Å²) >= 11 is 5.86. The van der Waals surface area contributed by atoms with Crippen LogP contribution in [0.1, 0.15) is 5.56 Å². The zero-order chi connectivity index (χ0) is 21.1. The van der Waals surface area contributed by atoms with E-state index in [-0.39, 0.29) is 18.0 Å². The Hall–Kier alpha value is -3.58. The number of ether oxygens (including phenoxy) is 1. The Morgan fingerprint density at radius 2 is 1.83 bits per heavy atom. The number of fused-ring (bicyclic) bond motifs is 1. The Bertz CT molecular complexity index is 1240. The lowest BCUT2D eigenvalue weighted by molar-refractivity contribution is -0.121. The standard InChI is InChI=1S/C22H19ClN4O3/c1-30-18-8-4-16(5-9-18)19-12-20-22(29)26(10-11-27(20)25-19)14-21(28)24-13-15-2-6-17(23)7-3-15/h2-12H,13-14H2,1H3,(H,24,28). The van der Waals surface area contributed by atoms with Crippen molar-refractivity contribution in [2.75, 3.05) is 7.11 Å². The molecule has 0 bridgehead atoms. The lowest BCUT2D eigenvalue weighted by Gasteiger charge is -2.08. The van der Waals surface area contributed by atoms with Crippen molar-refractivity contribution >= 4 is 23.0 Å². The molecule has 30 heavy (non-hydrogen) atoms. The molecule has 0 aliphatic rings. The number of amides is 1. The van der Waals surface area contributed by atoms with Crippen LogP contribution in [-0.2, 0) is 17.9 Å². The summed E-state index contributed by atoms with van der Waals surface area (Å²) in [6, 6.07) is 16.4. The van der Waals surface area contributed by atoms with Crippen LogP contribution in [0.3, 0.4) is 0 Å². The molecule has 0 fully saturated rings. The van der Waals surface area contributed by atoms with E-state index in [0.717, 1.165) is 16.9 Å². The number of hydrogen-bond acceptors (Lipinski definition) is 4. The quantitative estimate of drug-likeness (QED) is 0.518. The highest BCUT2D eigenvalue weighted by Gasteiger charge is 2.11. The van der Waals surface area contributed by atoms with Gasteiger partial charge in [-0.05, 0) is 48.0 Å². The Labute approximate surface area is 177 Å². The minimum atomic E-state index is -0.286. The van der Waals surface area contributed by atoms with Crippen LogP contribution in [0, 0.1) is 0 Å². The van der Waals surface area contributed by atoms with Crippen LogP contribution in [0.15, 0.2) is 71.8 Å². The van der Waals surface area contributed by atoms with Crippen LogP contribution >= 0.6 is 11.6 Å². The lowest BCUT2D eigenvalue weighted by atomic mass is 10.1. The van der Waals surface area contributed by atoms with Crippen molar-refractivity contribution in [1.29, 1.82) is 0 Å². The SMILES string of the molecule is COc1ccc(-c2cc3c(=O)n(CC(=O)NCc4ccc(Cl)cc4)ccn3n2)cc1. The molecule has 4 aromatic rings. The average Bonchev–Trinajstić information content (AvgIpc) is 3.21. The smallest absolute Gasteiger partial charge is 0.277 e.